The van der Waals surface area contributed by atoms with Gasteiger partial charge in [-0.15, -0.1) is 11.3 Å². The normalized spacial score (nSPS) is 10.1. The highest BCUT2D eigenvalue weighted by Crippen LogP contribution is 2.21. The zero-order valence-electron chi connectivity index (χ0n) is 8.01. The molecule has 0 saturated heterocycles. The van der Waals surface area contributed by atoms with Gasteiger partial charge in [-0.1, -0.05) is 11.2 Å². The third kappa shape index (κ3) is 2.42. The highest BCUT2D eigenvalue weighted by Gasteiger charge is 2.08. The highest BCUT2D eigenvalue weighted by molar-refractivity contribution is 7.13. The first-order chi connectivity index (χ1) is 7.40. The Labute approximate surface area is 91.2 Å². The minimum Gasteiger partial charge on any atom is -0.339 e. The average Bonchev–Trinajstić information content (AvgIpc) is 2.87. The van der Waals surface area contributed by atoms with Crippen LogP contribution in [0.3, 0.4) is 0 Å². The molecule has 0 aliphatic rings. The van der Waals surface area contributed by atoms with E-state index in [0.717, 1.165) is 11.3 Å². The molecule has 2 aromatic rings. The quantitative estimate of drug-likeness (QED) is 0.741. The summed E-state index contributed by atoms with van der Waals surface area (Å²) in [6.45, 7) is 0. The Hall–Kier alpha value is -1.67. The van der Waals surface area contributed by atoms with E-state index in [1.165, 1.54) is 0 Å². The van der Waals surface area contributed by atoms with Crippen LogP contribution in [0.25, 0.3) is 10.7 Å². The number of nitrogens with zero attached hydrogens (tertiary/aromatic N) is 3. The second-order valence-electron chi connectivity index (χ2n) is 3.00. The fraction of sp³-hybridized carbons (Fsp3) is 0.300. The topological polar surface area (TPSA) is 62.7 Å². The molecule has 0 bridgehead atoms. The van der Waals surface area contributed by atoms with Crippen LogP contribution in [0.5, 0.6) is 0 Å². The largest absolute Gasteiger partial charge is 0.339 e. The molecule has 2 aromatic heterocycles. The zero-order chi connectivity index (χ0) is 10.5. The van der Waals surface area contributed by atoms with Crippen molar-refractivity contribution in [1.82, 2.24) is 10.1 Å². The van der Waals surface area contributed by atoms with E-state index in [1.807, 2.05) is 17.5 Å². The summed E-state index contributed by atoms with van der Waals surface area (Å²) >= 11 is 1.58. The smallest absolute Gasteiger partial charge is 0.227 e. The molecule has 0 radical (unpaired) electrons. The van der Waals surface area contributed by atoms with E-state index >= 15 is 0 Å². The van der Waals surface area contributed by atoms with Gasteiger partial charge in [0.1, 0.15) is 0 Å². The Bertz CT molecular complexity index is 455. The monoisotopic (exact) mass is 219 g/mol. The van der Waals surface area contributed by atoms with E-state index in [9.17, 15) is 0 Å². The van der Waals surface area contributed by atoms with Gasteiger partial charge in [-0.2, -0.15) is 10.2 Å². The molecule has 0 aromatic carbocycles. The van der Waals surface area contributed by atoms with Crippen LogP contribution in [0.4, 0.5) is 0 Å². The van der Waals surface area contributed by atoms with E-state index in [1.54, 1.807) is 11.3 Å². The molecule has 0 atom stereocenters. The van der Waals surface area contributed by atoms with Crippen LogP contribution in [0.15, 0.2) is 22.0 Å². The van der Waals surface area contributed by atoms with Gasteiger partial charge >= 0.3 is 0 Å². The Kier molecular flexibility index (Phi) is 3.10. The summed E-state index contributed by atoms with van der Waals surface area (Å²) in [5, 5.41) is 14.2. The van der Waals surface area contributed by atoms with Crippen molar-refractivity contribution < 1.29 is 4.52 Å². The fourth-order valence-electron chi connectivity index (χ4n) is 1.18. The Morgan fingerprint density at radius 2 is 2.47 bits per heavy atom. The molecule has 0 N–H and O–H groups in total. The van der Waals surface area contributed by atoms with Crippen molar-refractivity contribution in [3.63, 3.8) is 0 Å². The summed E-state index contributed by atoms with van der Waals surface area (Å²) in [6.07, 6.45) is 1.96. The molecule has 0 spiro atoms. The van der Waals surface area contributed by atoms with Crippen molar-refractivity contribution in [3.05, 3.63) is 23.4 Å². The first-order valence-electron chi connectivity index (χ1n) is 4.63. The minimum atomic E-state index is 0.525. The van der Waals surface area contributed by atoms with E-state index in [0.29, 0.717) is 24.6 Å². The summed E-state index contributed by atoms with van der Waals surface area (Å²) in [4.78, 5) is 5.25. The van der Waals surface area contributed by atoms with Crippen LogP contribution in [0.2, 0.25) is 0 Å². The summed E-state index contributed by atoms with van der Waals surface area (Å²) in [6, 6.07) is 5.99. The minimum absolute atomic E-state index is 0.525. The Morgan fingerprint density at radius 3 is 3.20 bits per heavy atom. The molecule has 0 amide bonds. The molecular formula is C10H9N3OS. The van der Waals surface area contributed by atoms with Gasteiger partial charge in [0.25, 0.3) is 0 Å². The molecule has 5 heteroatoms. The lowest BCUT2D eigenvalue weighted by atomic mass is 10.2. The predicted molar refractivity (Wildman–Crippen MR) is 56.2 cm³/mol. The van der Waals surface area contributed by atoms with Crippen molar-refractivity contribution in [2.45, 2.75) is 19.3 Å². The number of aromatic nitrogens is 2. The van der Waals surface area contributed by atoms with E-state index in [-0.39, 0.29) is 0 Å². The number of thiophene rings is 1. The van der Waals surface area contributed by atoms with Crippen molar-refractivity contribution in [2.24, 2.45) is 0 Å². The number of hydrogen-bond acceptors (Lipinski definition) is 5. The summed E-state index contributed by atoms with van der Waals surface area (Å²) in [7, 11) is 0. The van der Waals surface area contributed by atoms with Crippen molar-refractivity contribution in [3.8, 4) is 16.8 Å². The third-order valence-electron chi connectivity index (χ3n) is 1.89. The predicted octanol–water partition coefficient (Wildman–Crippen LogP) is 2.64. The van der Waals surface area contributed by atoms with Gasteiger partial charge in [-0.05, 0) is 17.9 Å². The number of unbranched alkanes of at least 4 members (excludes halogenated alkanes) is 1. The van der Waals surface area contributed by atoms with E-state index < -0.39 is 0 Å². The van der Waals surface area contributed by atoms with Crippen LogP contribution < -0.4 is 0 Å². The van der Waals surface area contributed by atoms with Crippen LogP contribution in [-0.4, -0.2) is 10.1 Å². The van der Waals surface area contributed by atoms with Gasteiger partial charge in [0.05, 0.1) is 10.9 Å². The average molecular weight is 219 g/mol. The molecular weight excluding hydrogens is 210 g/mol. The molecule has 2 heterocycles. The highest BCUT2D eigenvalue weighted by atomic mass is 32.1. The third-order valence-corrected chi connectivity index (χ3v) is 2.75. The van der Waals surface area contributed by atoms with E-state index in [2.05, 4.69) is 16.2 Å². The molecule has 76 valence electrons. The van der Waals surface area contributed by atoms with Crippen molar-refractivity contribution >= 4 is 11.3 Å². The van der Waals surface area contributed by atoms with Gasteiger partial charge in [0.2, 0.25) is 11.7 Å². The lowest BCUT2D eigenvalue weighted by molar-refractivity contribution is 0.376. The molecule has 0 aliphatic heterocycles. The van der Waals surface area contributed by atoms with Gasteiger partial charge in [-0.25, -0.2) is 0 Å². The lowest BCUT2D eigenvalue weighted by Crippen LogP contribution is -1.84. The molecule has 0 aliphatic carbocycles. The van der Waals surface area contributed by atoms with Gasteiger partial charge in [0.15, 0.2) is 0 Å². The summed E-state index contributed by atoms with van der Waals surface area (Å²) in [5.41, 5.74) is 0. The molecule has 2 rings (SSSR count). The van der Waals surface area contributed by atoms with Crippen molar-refractivity contribution in [2.75, 3.05) is 0 Å². The summed E-state index contributed by atoms with van der Waals surface area (Å²) < 4.78 is 5.07. The van der Waals surface area contributed by atoms with Crippen LogP contribution in [0, 0.1) is 11.3 Å². The SMILES string of the molecule is N#CCCCc1nc(-c2cccs2)no1. The first kappa shape index (κ1) is 9.87. The standard InChI is InChI=1S/C10H9N3OS/c11-6-2-1-5-9-12-10(13-14-9)8-4-3-7-15-8/h3-4,7H,1-2,5H2. The summed E-state index contributed by atoms with van der Waals surface area (Å²) in [5.74, 6) is 1.24. The van der Waals surface area contributed by atoms with E-state index in [4.69, 9.17) is 9.78 Å². The molecule has 0 fully saturated rings. The molecule has 15 heavy (non-hydrogen) atoms. The van der Waals surface area contributed by atoms with Gasteiger partial charge in [0, 0.05) is 12.8 Å². The molecule has 4 nitrogen and oxygen atoms in total. The lowest BCUT2D eigenvalue weighted by Gasteiger charge is -1.86. The number of hydrogen-bond donors (Lipinski definition) is 0. The molecule has 0 unspecified atom stereocenters. The first-order valence-corrected chi connectivity index (χ1v) is 5.51. The zero-order valence-corrected chi connectivity index (χ0v) is 8.83. The second-order valence-corrected chi connectivity index (χ2v) is 3.95. The van der Waals surface area contributed by atoms with Crippen LogP contribution in [-0.2, 0) is 6.42 Å². The van der Waals surface area contributed by atoms with Crippen LogP contribution >= 0.6 is 11.3 Å². The molecule has 0 saturated carbocycles. The maximum Gasteiger partial charge on any atom is 0.227 e. The maximum atomic E-state index is 8.38. The Balaban J connectivity index is 2.02. The van der Waals surface area contributed by atoms with Crippen molar-refractivity contribution in [1.29, 1.82) is 5.26 Å². The van der Waals surface area contributed by atoms with Gasteiger partial charge < -0.3 is 4.52 Å². The Morgan fingerprint density at radius 1 is 1.53 bits per heavy atom. The maximum absolute atomic E-state index is 8.38. The number of aryl methyl sites for hydroxylation is 1. The van der Waals surface area contributed by atoms with Crippen LogP contribution in [0.1, 0.15) is 18.7 Å². The number of rotatable bonds is 4. The van der Waals surface area contributed by atoms with Gasteiger partial charge in [-0.3, -0.25) is 0 Å². The fourth-order valence-corrected chi connectivity index (χ4v) is 1.83. The second kappa shape index (κ2) is 4.71. The number of nitriles is 1.